The fourth-order valence-corrected chi connectivity index (χ4v) is 4.18. The van der Waals surface area contributed by atoms with E-state index in [1.807, 2.05) is 30.3 Å². The van der Waals surface area contributed by atoms with Gasteiger partial charge in [0, 0.05) is 6.54 Å². The Morgan fingerprint density at radius 2 is 1.65 bits per heavy atom. The first-order chi connectivity index (χ1) is 15.0. The first-order valence-electron chi connectivity index (χ1n) is 11.2. The Balaban J connectivity index is 1.45. The van der Waals surface area contributed by atoms with Crippen LogP contribution in [0.1, 0.15) is 53.5 Å². The normalized spacial score (nSPS) is 13.8. The van der Waals surface area contributed by atoms with Crippen LogP contribution in [0.2, 0.25) is 0 Å². The molecule has 0 fully saturated rings. The largest absolute Gasteiger partial charge is 0.445 e. The molecule has 31 heavy (non-hydrogen) atoms. The number of unbranched alkanes of at least 4 members (excludes halogenated alkanes) is 1. The minimum absolute atomic E-state index is 0.282. The first kappa shape index (κ1) is 22.8. The highest BCUT2D eigenvalue weighted by atomic mass is 16.5. The molecule has 0 bridgehead atoms. The Labute approximate surface area is 184 Å². The smallest absolute Gasteiger partial charge is 0.407 e. The summed E-state index contributed by atoms with van der Waals surface area (Å²) in [5.74, 6) is -0.455. The van der Waals surface area contributed by atoms with Crippen LogP contribution in [0.15, 0.2) is 42.5 Å². The van der Waals surface area contributed by atoms with Crippen LogP contribution in [0.25, 0.3) is 0 Å². The molecule has 0 aliphatic heterocycles. The molecule has 0 saturated carbocycles. The van der Waals surface area contributed by atoms with E-state index in [4.69, 9.17) is 16.2 Å². The van der Waals surface area contributed by atoms with Gasteiger partial charge in [-0.15, -0.1) is 0 Å². The minimum Gasteiger partial charge on any atom is -0.445 e. The summed E-state index contributed by atoms with van der Waals surface area (Å²) in [5, 5.41) is 2.82. The van der Waals surface area contributed by atoms with E-state index in [9.17, 15) is 9.59 Å². The molecule has 3 rings (SSSR count). The Morgan fingerprint density at radius 3 is 2.35 bits per heavy atom. The van der Waals surface area contributed by atoms with Crippen molar-refractivity contribution in [2.24, 2.45) is 11.5 Å². The van der Waals surface area contributed by atoms with E-state index < -0.39 is 11.9 Å². The number of nitrogens with one attached hydrogen (secondary N) is 1. The minimum atomic E-state index is -0.635. The van der Waals surface area contributed by atoms with Gasteiger partial charge >= 0.3 is 6.09 Å². The number of rotatable bonds is 10. The SMILES string of the molecule is NC(=O)[C@@H](N)Cc1ccc(CCCCNC(=O)OCc2ccccc2)c2c1CCCC2. The van der Waals surface area contributed by atoms with E-state index in [0.29, 0.717) is 13.0 Å². The Bertz CT molecular complexity index is 883. The lowest BCUT2D eigenvalue weighted by atomic mass is 9.82. The summed E-state index contributed by atoms with van der Waals surface area (Å²) in [6, 6.07) is 13.3. The number of carbonyl (C=O) groups is 2. The summed E-state index contributed by atoms with van der Waals surface area (Å²) in [6.07, 6.45) is 7.47. The maximum absolute atomic E-state index is 11.8. The van der Waals surface area contributed by atoms with Crippen molar-refractivity contribution in [3.8, 4) is 0 Å². The number of hydrogen-bond donors (Lipinski definition) is 3. The zero-order valence-electron chi connectivity index (χ0n) is 18.1. The van der Waals surface area contributed by atoms with Crippen molar-refractivity contribution >= 4 is 12.0 Å². The van der Waals surface area contributed by atoms with Crippen LogP contribution in [0.4, 0.5) is 4.79 Å². The number of alkyl carbamates (subject to hydrolysis) is 1. The molecule has 1 atom stereocenters. The molecular weight excluding hydrogens is 390 g/mol. The van der Waals surface area contributed by atoms with Crippen LogP contribution in [0.3, 0.4) is 0 Å². The molecule has 6 heteroatoms. The average Bonchev–Trinajstić information content (AvgIpc) is 2.79. The van der Waals surface area contributed by atoms with Crippen LogP contribution >= 0.6 is 0 Å². The fraction of sp³-hybridized carbons (Fsp3) is 0.440. The van der Waals surface area contributed by atoms with Crippen molar-refractivity contribution in [3.05, 3.63) is 70.3 Å². The van der Waals surface area contributed by atoms with Crippen LogP contribution in [0.5, 0.6) is 0 Å². The predicted octanol–water partition coefficient (Wildman–Crippen LogP) is 3.17. The van der Waals surface area contributed by atoms with Crippen LogP contribution < -0.4 is 16.8 Å². The van der Waals surface area contributed by atoms with Crippen LogP contribution in [-0.4, -0.2) is 24.6 Å². The number of fused-ring (bicyclic) bond motifs is 1. The molecular formula is C25H33N3O3. The van der Waals surface area contributed by atoms with Crippen LogP contribution in [0, 0.1) is 0 Å². The second-order valence-electron chi connectivity index (χ2n) is 8.21. The third-order valence-corrected chi connectivity index (χ3v) is 5.89. The van der Waals surface area contributed by atoms with Gasteiger partial charge in [0.05, 0.1) is 6.04 Å². The third-order valence-electron chi connectivity index (χ3n) is 5.89. The van der Waals surface area contributed by atoms with Gasteiger partial charge in [0.15, 0.2) is 0 Å². The molecule has 2 amide bonds. The van der Waals surface area contributed by atoms with Gasteiger partial charge in [0.2, 0.25) is 5.91 Å². The molecule has 2 aromatic rings. The molecule has 0 spiro atoms. The van der Waals surface area contributed by atoms with Crippen molar-refractivity contribution in [1.82, 2.24) is 5.32 Å². The molecule has 0 radical (unpaired) electrons. The monoisotopic (exact) mass is 423 g/mol. The zero-order valence-corrected chi connectivity index (χ0v) is 18.1. The van der Waals surface area contributed by atoms with Crippen molar-refractivity contribution in [2.75, 3.05) is 6.54 Å². The van der Waals surface area contributed by atoms with E-state index in [-0.39, 0.29) is 12.7 Å². The lowest BCUT2D eigenvalue weighted by Crippen LogP contribution is -2.38. The van der Waals surface area contributed by atoms with Gasteiger partial charge in [-0.2, -0.15) is 0 Å². The Morgan fingerprint density at radius 1 is 0.968 bits per heavy atom. The molecule has 2 aromatic carbocycles. The fourth-order valence-electron chi connectivity index (χ4n) is 4.18. The summed E-state index contributed by atoms with van der Waals surface area (Å²) in [5.41, 5.74) is 17.5. The highest BCUT2D eigenvalue weighted by Gasteiger charge is 2.19. The van der Waals surface area contributed by atoms with E-state index in [2.05, 4.69) is 17.4 Å². The van der Waals surface area contributed by atoms with Gasteiger partial charge in [-0.05, 0) is 79.2 Å². The number of amides is 2. The zero-order chi connectivity index (χ0) is 22.1. The highest BCUT2D eigenvalue weighted by Crippen LogP contribution is 2.29. The Kier molecular flexibility index (Phi) is 8.47. The summed E-state index contributed by atoms with van der Waals surface area (Å²) < 4.78 is 5.24. The third kappa shape index (κ3) is 6.82. The maximum Gasteiger partial charge on any atom is 0.407 e. The Hall–Kier alpha value is -2.86. The van der Waals surface area contributed by atoms with Crippen LogP contribution in [-0.2, 0) is 41.8 Å². The van der Waals surface area contributed by atoms with Gasteiger partial charge in [0.1, 0.15) is 6.61 Å². The number of benzene rings is 2. The number of hydrogen-bond acceptors (Lipinski definition) is 4. The number of aryl methyl sites for hydroxylation is 1. The quantitative estimate of drug-likeness (QED) is 0.510. The number of ether oxygens (including phenoxy) is 1. The maximum atomic E-state index is 11.8. The molecule has 0 aromatic heterocycles. The second-order valence-corrected chi connectivity index (χ2v) is 8.21. The predicted molar refractivity (Wildman–Crippen MR) is 122 cm³/mol. The number of nitrogens with two attached hydrogens (primary N) is 2. The van der Waals surface area contributed by atoms with Gasteiger partial charge < -0.3 is 21.5 Å². The van der Waals surface area contributed by atoms with E-state index >= 15 is 0 Å². The molecule has 0 heterocycles. The molecule has 6 nitrogen and oxygen atoms in total. The lowest BCUT2D eigenvalue weighted by molar-refractivity contribution is -0.119. The number of primary amides is 1. The summed E-state index contributed by atoms with van der Waals surface area (Å²) >= 11 is 0. The van der Waals surface area contributed by atoms with E-state index in [1.165, 1.54) is 29.5 Å². The number of carbonyl (C=O) groups excluding carboxylic acids is 2. The van der Waals surface area contributed by atoms with Gasteiger partial charge in [-0.25, -0.2) is 4.79 Å². The first-order valence-corrected chi connectivity index (χ1v) is 11.2. The molecule has 1 aliphatic rings. The lowest BCUT2D eigenvalue weighted by Gasteiger charge is -2.24. The molecule has 1 aliphatic carbocycles. The topological polar surface area (TPSA) is 107 Å². The van der Waals surface area contributed by atoms with Crippen molar-refractivity contribution in [2.45, 2.75) is 64.0 Å². The van der Waals surface area contributed by atoms with Gasteiger partial charge in [-0.1, -0.05) is 42.5 Å². The van der Waals surface area contributed by atoms with E-state index in [1.54, 1.807) is 0 Å². The van der Waals surface area contributed by atoms with Crippen molar-refractivity contribution in [3.63, 3.8) is 0 Å². The standard InChI is InChI=1S/C25H33N3O3/c26-23(24(27)29)16-20-14-13-19(21-11-4-5-12-22(20)21)10-6-7-15-28-25(30)31-17-18-8-2-1-3-9-18/h1-3,8-9,13-14,23H,4-7,10-12,15-17,26H2,(H2,27,29)(H,28,30)/t23-/m0/s1. The molecule has 5 N–H and O–H groups in total. The van der Waals surface area contributed by atoms with Gasteiger partial charge in [-0.3, -0.25) is 4.79 Å². The molecule has 0 saturated heterocycles. The van der Waals surface area contributed by atoms with Crippen molar-refractivity contribution in [1.29, 1.82) is 0 Å². The molecule has 0 unspecified atom stereocenters. The van der Waals surface area contributed by atoms with E-state index in [0.717, 1.165) is 43.2 Å². The summed E-state index contributed by atoms with van der Waals surface area (Å²) in [6.45, 7) is 0.881. The van der Waals surface area contributed by atoms with Crippen molar-refractivity contribution < 1.29 is 14.3 Å². The summed E-state index contributed by atoms with van der Waals surface area (Å²) in [4.78, 5) is 23.2. The highest BCUT2D eigenvalue weighted by molar-refractivity contribution is 5.80. The second kappa shape index (κ2) is 11.5. The average molecular weight is 424 g/mol. The summed E-state index contributed by atoms with van der Waals surface area (Å²) in [7, 11) is 0. The van der Waals surface area contributed by atoms with Gasteiger partial charge in [0.25, 0.3) is 0 Å². The molecule has 166 valence electrons.